The molecule has 1 aromatic heterocycles. The average molecular weight is 445 g/mol. The van der Waals surface area contributed by atoms with Gasteiger partial charge in [-0.1, -0.05) is 24.3 Å². The third-order valence-corrected chi connectivity index (χ3v) is 6.35. The van der Waals surface area contributed by atoms with E-state index in [4.69, 9.17) is 4.98 Å². The molecule has 3 aromatic carbocycles. The molecule has 160 valence electrons. The van der Waals surface area contributed by atoms with Crippen molar-refractivity contribution in [3.05, 3.63) is 95.4 Å². The Bertz CT molecular complexity index is 1340. The number of para-hydroxylation sites is 2. The maximum absolute atomic E-state index is 13.5. The summed E-state index contributed by atoms with van der Waals surface area (Å²) in [5, 5.41) is 6.23. The molecule has 1 atom stereocenters. The van der Waals surface area contributed by atoms with Crippen molar-refractivity contribution in [2.45, 2.75) is 17.9 Å². The molecule has 32 heavy (non-hydrogen) atoms. The summed E-state index contributed by atoms with van der Waals surface area (Å²) in [5.74, 6) is 0.101. The Morgan fingerprint density at radius 1 is 1.06 bits per heavy atom. The predicted molar refractivity (Wildman–Crippen MR) is 127 cm³/mol. The first-order chi connectivity index (χ1) is 15.5. The van der Waals surface area contributed by atoms with Crippen LogP contribution in [-0.4, -0.2) is 21.7 Å². The molecule has 4 aromatic rings. The van der Waals surface area contributed by atoms with E-state index in [1.165, 1.54) is 12.1 Å². The molecule has 2 N–H and O–H groups in total. The van der Waals surface area contributed by atoms with Gasteiger partial charge in [-0.25, -0.2) is 9.37 Å². The zero-order chi connectivity index (χ0) is 22.2. The highest BCUT2D eigenvalue weighted by atomic mass is 32.2. The van der Waals surface area contributed by atoms with Gasteiger partial charge in [0.1, 0.15) is 5.82 Å². The summed E-state index contributed by atoms with van der Waals surface area (Å²) in [6.45, 7) is 1.88. The third kappa shape index (κ3) is 3.54. The molecule has 0 saturated heterocycles. The molecule has 1 aliphatic rings. The number of halogens is 1. The molecule has 0 radical (unpaired) electrons. The Labute approximate surface area is 189 Å². The summed E-state index contributed by atoms with van der Waals surface area (Å²) in [6, 6.07) is 21.5. The fourth-order valence-corrected chi connectivity index (χ4v) is 4.50. The van der Waals surface area contributed by atoms with Crippen molar-refractivity contribution in [3.8, 4) is 0 Å². The molecule has 7 heteroatoms. The topological polar surface area (TPSA) is 59.0 Å². The van der Waals surface area contributed by atoms with Crippen LogP contribution in [0.25, 0.3) is 11.0 Å². The second-order valence-corrected chi connectivity index (χ2v) is 8.47. The van der Waals surface area contributed by atoms with Gasteiger partial charge >= 0.3 is 0 Å². The van der Waals surface area contributed by atoms with E-state index in [1.54, 1.807) is 23.9 Å². The first kappa shape index (κ1) is 20.3. The summed E-state index contributed by atoms with van der Waals surface area (Å²) in [4.78, 5) is 19.4. The van der Waals surface area contributed by atoms with Crippen LogP contribution in [0.5, 0.6) is 0 Å². The first-order valence-electron chi connectivity index (χ1n) is 10.2. The van der Waals surface area contributed by atoms with Gasteiger partial charge in [0.2, 0.25) is 5.95 Å². The number of anilines is 2. The Balaban J connectivity index is 1.64. The van der Waals surface area contributed by atoms with Gasteiger partial charge in [0.15, 0.2) is 0 Å². The van der Waals surface area contributed by atoms with E-state index in [1.807, 2.05) is 37.4 Å². The largest absolute Gasteiger partial charge is 0.329 e. The lowest BCUT2D eigenvalue weighted by atomic mass is 9.94. The van der Waals surface area contributed by atoms with Crippen LogP contribution in [0.3, 0.4) is 0 Å². The van der Waals surface area contributed by atoms with Gasteiger partial charge in [0.05, 0.1) is 22.6 Å². The van der Waals surface area contributed by atoms with E-state index < -0.39 is 0 Å². The summed E-state index contributed by atoms with van der Waals surface area (Å²) in [7, 11) is 0. The van der Waals surface area contributed by atoms with Crippen LogP contribution < -0.4 is 10.6 Å². The van der Waals surface area contributed by atoms with Gasteiger partial charge in [0, 0.05) is 16.3 Å². The number of allylic oxidation sites excluding steroid dienone is 1. The quantitative estimate of drug-likeness (QED) is 0.389. The van der Waals surface area contributed by atoms with Crippen LogP contribution in [0.15, 0.2) is 89.0 Å². The summed E-state index contributed by atoms with van der Waals surface area (Å²) < 4.78 is 15.4. The van der Waals surface area contributed by atoms with Gasteiger partial charge in [-0.15, -0.1) is 11.8 Å². The van der Waals surface area contributed by atoms with Crippen LogP contribution in [0.1, 0.15) is 18.5 Å². The second kappa shape index (κ2) is 8.16. The summed E-state index contributed by atoms with van der Waals surface area (Å²) >= 11 is 1.67. The Morgan fingerprint density at radius 3 is 2.50 bits per heavy atom. The van der Waals surface area contributed by atoms with Crippen LogP contribution in [0.4, 0.5) is 16.0 Å². The molecule has 2 heterocycles. The van der Waals surface area contributed by atoms with Gasteiger partial charge < -0.3 is 10.6 Å². The lowest BCUT2D eigenvalue weighted by Crippen LogP contribution is -2.30. The normalized spacial score (nSPS) is 15.4. The van der Waals surface area contributed by atoms with Gasteiger partial charge in [-0.2, -0.15) is 0 Å². The number of fused-ring (bicyclic) bond motifs is 3. The number of rotatable bonds is 4. The highest BCUT2D eigenvalue weighted by Crippen LogP contribution is 2.39. The zero-order valence-corrected chi connectivity index (χ0v) is 18.4. The highest BCUT2D eigenvalue weighted by Gasteiger charge is 2.34. The van der Waals surface area contributed by atoms with Crippen molar-refractivity contribution in [2.75, 3.05) is 16.9 Å². The standard InChI is InChI=1S/C25H21FN4OS/c1-15-22(24(31)28-18-11-9-17(26)10-12-18)23(16-7-13-19(32-2)14-8-16)30-21-6-4-3-5-20(21)29-25(30)27-15/h3-14,23H,1-2H3,(H,27,29)(H,28,31)/t23-/m0/s1. The number of nitrogens with zero attached hydrogens (tertiary/aromatic N) is 2. The van der Waals surface area contributed by atoms with E-state index >= 15 is 0 Å². The summed E-state index contributed by atoms with van der Waals surface area (Å²) in [5.41, 5.74) is 4.63. The van der Waals surface area contributed by atoms with Gasteiger partial charge in [0.25, 0.3) is 5.91 Å². The number of amides is 1. The molecular formula is C25H21FN4OS. The molecule has 1 aliphatic heterocycles. The minimum absolute atomic E-state index is 0.246. The van der Waals surface area contributed by atoms with Crippen molar-refractivity contribution in [1.29, 1.82) is 0 Å². The lowest BCUT2D eigenvalue weighted by Gasteiger charge is -2.30. The average Bonchev–Trinajstić information content (AvgIpc) is 3.17. The monoisotopic (exact) mass is 444 g/mol. The second-order valence-electron chi connectivity index (χ2n) is 7.59. The van der Waals surface area contributed by atoms with Crippen molar-refractivity contribution in [1.82, 2.24) is 9.55 Å². The number of hydrogen-bond acceptors (Lipinski definition) is 4. The number of imidazole rings is 1. The van der Waals surface area contributed by atoms with E-state index in [0.717, 1.165) is 27.2 Å². The lowest BCUT2D eigenvalue weighted by molar-refractivity contribution is -0.113. The fourth-order valence-electron chi connectivity index (χ4n) is 4.09. The molecule has 5 rings (SSSR count). The van der Waals surface area contributed by atoms with Crippen LogP contribution >= 0.6 is 11.8 Å². The van der Waals surface area contributed by atoms with Crippen LogP contribution in [-0.2, 0) is 4.79 Å². The first-order valence-corrected chi connectivity index (χ1v) is 11.4. The van der Waals surface area contributed by atoms with Crippen LogP contribution in [0.2, 0.25) is 0 Å². The van der Waals surface area contributed by atoms with Gasteiger partial charge in [-0.3, -0.25) is 9.36 Å². The molecule has 1 amide bonds. The van der Waals surface area contributed by atoms with E-state index in [0.29, 0.717) is 17.2 Å². The smallest absolute Gasteiger partial charge is 0.255 e. The van der Waals surface area contributed by atoms with Crippen molar-refractivity contribution >= 4 is 40.3 Å². The summed E-state index contributed by atoms with van der Waals surface area (Å²) in [6.07, 6.45) is 2.03. The molecule has 0 spiro atoms. The number of nitrogens with one attached hydrogen (secondary N) is 2. The number of aromatic nitrogens is 2. The maximum Gasteiger partial charge on any atom is 0.255 e. The van der Waals surface area contributed by atoms with Crippen molar-refractivity contribution in [2.24, 2.45) is 0 Å². The number of thioether (sulfide) groups is 1. The van der Waals surface area contributed by atoms with Crippen LogP contribution in [0, 0.1) is 5.82 Å². The fraction of sp³-hybridized carbons (Fsp3) is 0.120. The number of benzene rings is 3. The minimum atomic E-state index is -0.366. The Morgan fingerprint density at radius 2 is 1.78 bits per heavy atom. The number of hydrogen-bond donors (Lipinski definition) is 2. The van der Waals surface area contributed by atoms with E-state index in [2.05, 4.69) is 39.5 Å². The Hall–Kier alpha value is -3.58. The van der Waals surface area contributed by atoms with E-state index in [9.17, 15) is 9.18 Å². The van der Waals surface area contributed by atoms with Crippen molar-refractivity contribution in [3.63, 3.8) is 0 Å². The molecule has 0 unspecified atom stereocenters. The SMILES string of the molecule is CSc1ccc([C@H]2C(C(=O)Nc3ccc(F)cc3)=C(C)Nc3nc4ccccc4n32)cc1. The molecular weight excluding hydrogens is 423 g/mol. The zero-order valence-electron chi connectivity index (χ0n) is 17.6. The maximum atomic E-state index is 13.5. The predicted octanol–water partition coefficient (Wildman–Crippen LogP) is 5.82. The van der Waals surface area contributed by atoms with Gasteiger partial charge in [-0.05, 0) is 67.3 Å². The van der Waals surface area contributed by atoms with Crippen molar-refractivity contribution < 1.29 is 9.18 Å². The number of carbonyl (C=O) groups is 1. The molecule has 0 aliphatic carbocycles. The molecule has 5 nitrogen and oxygen atoms in total. The molecule has 0 saturated carbocycles. The number of carbonyl (C=O) groups excluding carboxylic acids is 1. The highest BCUT2D eigenvalue weighted by molar-refractivity contribution is 7.98. The molecule has 0 fully saturated rings. The third-order valence-electron chi connectivity index (χ3n) is 5.61. The van der Waals surface area contributed by atoms with E-state index in [-0.39, 0.29) is 17.8 Å². The molecule has 0 bridgehead atoms. The Kier molecular flexibility index (Phi) is 5.19. The minimum Gasteiger partial charge on any atom is -0.329 e.